The van der Waals surface area contributed by atoms with Gasteiger partial charge < -0.3 is 19.9 Å². The van der Waals surface area contributed by atoms with E-state index in [9.17, 15) is 9.50 Å². The van der Waals surface area contributed by atoms with Crippen LogP contribution in [0.2, 0.25) is 0 Å². The van der Waals surface area contributed by atoms with Crippen molar-refractivity contribution in [1.29, 1.82) is 0 Å². The molecule has 0 saturated carbocycles. The van der Waals surface area contributed by atoms with Crippen LogP contribution >= 0.6 is 0 Å². The number of fused-ring (bicyclic) bond motifs is 1. The van der Waals surface area contributed by atoms with E-state index in [1.807, 2.05) is 25.1 Å². The molecule has 0 spiro atoms. The fourth-order valence-corrected chi connectivity index (χ4v) is 2.30. The summed E-state index contributed by atoms with van der Waals surface area (Å²) < 4.78 is 23.8. The van der Waals surface area contributed by atoms with Crippen LogP contribution in [0.25, 0.3) is 0 Å². The van der Waals surface area contributed by atoms with E-state index >= 15 is 0 Å². The molecular weight excluding hydrogens is 273 g/mol. The molecular formula is C16H16FNO3. The van der Waals surface area contributed by atoms with E-state index < -0.39 is 0 Å². The Morgan fingerprint density at radius 2 is 2.00 bits per heavy atom. The molecule has 3 rings (SSSR count). The zero-order chi connectivity index (χ0) is 14.8. The average Bonchev–Trinajstić information content (AvgIpc) is 2.94. The van der Waals surface area contributed by atoms with Gasteiger partial charge in [0.05, 0.1) is 0 Å². The van der Waals surface area contributed by atoms with Crippen LogP contribution in [0.4, 0.5) is 4.39 Å². The van der Waals surface area contributed by atoms with Crippen molar-refractivity contribution >= 4 is 0 Å². The summed E-state index contributed by atoms with van der Waals surface area (Å²) in [6.45, 7) is 2.70. The summed E-state index contributed by atoms with van der Waals surface area (Å²) in [6.07, 6.45) is 0. The first kappa shape index (κ1) is 13.7. The molecule has 21 heavy (non-hydrogen) atoms. The van der Waals surface area contributed by atoms with Crippen LogP contribution in [0.1, 0.15) is 24.1 Å². The summed E-state index contributed by atoms with van der Waals surface area (Å²) in [4.78, 5) is 0. The van der Waals surface area contributed by atoms with E-state index in [1.165, 1.54) is 18.2 Å². The van der Waals surface area contributed by atoms with Gasteiger partial charge in [-0.2, -0.15) is 0 Å². The summed E-state index contributed by atoms with van der Waals surface area (Å²) in [5.74, 6) is 1.20. The van der Waals surface area contributed by atoms with Gasteiger partial charge in [-0.15, -0.1) is 0 Å². The Hall–Kier alpha value is -2.27. The van der Waals surface area contributed by atoms with Gasteiger partial charge >= 0.3 is 0 Å². The number of ether oxygens (including phenoxy) is 2. The molecule has 0 fully saturated rings. The maximum atomic E-state index is 13.3. The van der Waals surface area contributed by atoms with Crippen LogP contribution in [-0.4, -0.2) is 11.9 Å². The number of benzene rings is 2. The van der Waals surface area contributed by atoms with E-state index in [0.29, 0.717) is 12.1 Å². The highest BCUT2D eigenvalue weighted by Gasteiger charge is 2.14. The topological polar surface area (TPSA) is 50.7 Å². The quantitative estimate of drug-likeness (QED) is 0.908. The number of phenolic OH excluding ortho intramolecular Hbond substituents is 1. The maximum Gasteiger partial charge on any atom is 0.231 e. The summed E-state index contributed by atoms with van der Waals surface area (Å²) in [5, 5.41) is 13.0. The van der Waals surface area contributed by atoms with Crippen LogP contribution in [0.5, 0.6) is 17.2 Å². The van der Waals surface area contributed by atoms with Gasteiger partial charge in [0.2, 0.25) is 6.79 Å². The summed E-state index contributed by atoms with van der Waals surface area (Å²) >= 11 is 0. The van der Waals surface area contributed by atoms with Gasteiger partial charge in [-0.3, -0.25) is 0 Å². The van der Waals surface area contributed by atoms with Crippen molar-refractivity contribution in [3.63, 3.8) is 0 Å². The first-order valence-corrected chi connectivity index (χ1v) is 6.74. The van der Waals surface area contributed by atoms with Gasteiger partial charge in [-0.05, 0) is 42.8 Å². The minimum atomic E-state index is -0.362. The van der Waals surface area contributed by atoms with Gasteiger partial charge in [0.25, 0.3) is 0 Å². The first-order chi connectivity index (χ1) is 10.1. The van der Waals surface area contributed by atoms with E-state index in [-0.39, 0.29) is 24.4 Å². The van der Waals surface area contributed by atoms with Crippen molar-refractivity contribution in [2.45, 2.75) is 19.5 Å². The molecule has 0 amide bonds. The predicted molar refractivity (Wildman–Crippen MR) is 75.9 cm³/mol. The third-order valence-electron chi connectivity index (χ3n) is 3.51. The van der Waals surface area contributed by atoms with Crippen molar-refractivity contribution in [2.24, 2.45) is 0 Å². The zero-order valence-electron chi connectivity index (χ0n) is 11.6. The van der Waals surface area contributed by atoms with Crippen molar-refractivity contribution in [2.75, 3.05) is 6.79 Å². The van der Waals surface area contributed by atoms with Gasteiger partial charge in [-0.25, -0.2) is 4.39 Å². The molecule has 5 heteroatoms. The number of halogens is 1. The highest BCUT2D eigenvalue weighted by molar-refractivity contribution is 5.44. The van der Waals surface area contributed by atoms with Gasteiger partial charge in [0.1, 0.15) is 11.6 Å². The number of hydrogen-bond donors (Lipinski definition) is 2. The minimum absolute atomic E-state index is 0.0853. The van der Waals surface area contributed by atoms with E-state index in [4.69, 9.17) is 9.47 Å². The summed E-state index contributed by atoms with van der Waals surface area (Å²) in [6, 6.07) is 9.49. The second-order valence-electron chi connectivity index (χ2n) is 4.99. The lowest BCUT2D eigenvalue weighted by atomic mass is 10.1. The van der Waals surface area contributed by atoms with Crippen LogP contribution in [0, 0.1) is 5.82 Å². The zero-order valence-corrected chi connectivity index (χ0v) is 11.6. The molecule has 1 heterocycles. The number of aromatic hydroxyl groups is 1. The lowest BCUT2D eigenvalue weighted by molar-refractivity contribution is 0.174. The summed E-state index contributed by atoms with van der Waals surface area (Å²) in [5.41, 5.74) is 1.57. The van der Waals surface area contributed by atoms with Gasteiger partial charge in [0, 0.05) is 18.2 Å². The molecule has 2 N–H and O–H groups in total. The Morgan fingerprint density at radius 3 is 2.86 bits per heavy atom. The highest BCUT2D eigenvalue weighted by Crippen LogP contribution is 2.32. The van der Waals surface area contributed by atoms with E-state index in [2.05, 4.69) is 5.32 Å². The number of hydrogen-bond acceptors (Lipinski definition) is 4. The number of nitrogens with one attached hydrogen (secondary N) is 1. The minimum Gasteiger partial charge on any atom is -0.508 e. The van der Waals surface area contributed by atoms with Crippen molar-refractivity contribution in [3.05, 3.63) is 53.3 Å². The third-order valence-corrected chi connectivity index (χ3v) is 3.51. The number of rotatable bonds is 4. The Bertz CT molecular complexity index is 660. The second kappa shape index (κ2) is 5.61. The Kier molecular flexibility index (Phi) is 3.66. The third kappa shape index (κ3) is 2.92. The van der Waals surface area contributed by atoms with Crippen LogP contribution in [-0.2, 0) is 6.54 Å². The second-order valence-corrected chi connectivity index (χ2v) is 4.99. The monoisotopic (exact) mass is 289 g/mol. The van der Waals surface area contributed by atoms with Crippen LogP contribution in [0.15, 0.2) is 36.4 Å². The van der Waals surface area contributed by atoms with E-state index in [1.54, 1.807) is 0 Å². The SMILES string of the molecule is CC(NCc1ccc2c(c1)OCO2)c1cc(F)ccc1O. The Morgan fingerprint density at radius 1 is 1.19 bits per heavy atom. The standard InChI is InChI=1S/C16H16FNO3/c1-10(13-7-12(17)3-4-14(13)19)18-8-11-2-5-15-16(6-11)21-9-20-15/h2-7,10,18-19H,8-9H2,1H3. The molecule has 1 aliphatic heterocycles. The molecule has 2 aromatic rings. The van der Waals surface area contributed by atoms with Crippen molar-refractivity contribution in [1.82, 2.24) is 5.32 Å². The van der Waals surface area contributed by atoms with Gasteiger partial charge in [0.15, 0.2) is 11.5 Å². The fraction of sp³-hybridized carbons (Fsp3) is 0.250. The van der Waals surface area contributed by atoms with Crippen LogP contribution in [0.3, 0.4) is 0 Å². The first-order valence-electron chi connectivity index (χ1n) is 6.74. The molecule has 0 saturated heterocycles. The average molecular weight is 289 g/mol. The molecule has 110 valence electrons. The molecule has 0 bridgehead atoms. The Labute approximate surface area is 122 Å². The largest absolute Gasteiger partial charge is 0.508 e. The molecule has 0 aromatic heterocycles. The van der Waals surface area contributed by atoms with Crippen molar-refractivity contribution in [3.8, 4) is 17.2 Å². The molecule has 4 nitrogen and oxygen atoms in total. The van der Waals surface area contributed by atoms with Crippen molar-refractivity contribution < 1.29 is 19.0 Å². The normalized spacial score (nSPS) is 14.2. The molecule has 1 unspecified atom stereocenters. The smallest absolute Gasteiger partial charge is 0.231 e. The molecule has 2 aromatic carbocycles. The maximum absolute atomic E-state index is 13.3. The molecule has 1 aliphatic rings. The molecule has 0 radical (unpaired) electrons. The fourth-order valence-electron chi connectivity index (χ4n) is 2.30. The lowest BCUT2D eigenvalue weighted by Crippen LogP contribution is -2.18. The molecule has 0 aliphatic carbocycles. The van der Waals surface area contributed by atoms with Gasteiger partial charge in [-0.1, -0.05) is 6.07 Å². The lowest BCUT2D eigenvalue weighted by Gasteiger charge is -2.16. The Balaban J connectivity index is 1.68. The summed E-state index contributed by atoms with van der Waals surface area (Å²) in [7, 11) is 0. The number of phenols is 1. The predicted octanol–water partition coefficient (Wildman–Crippen LogP) is 3.11. The molecule has 1 atom stereocenters. The van der Waals surface area contributed by atoms with E-state index in [0.717, 1.165) is 17.1 Å². The van der Waals surface area contributed by atoms with Crippen LogP contribution < -0.4 is 14.8 Å². The highest BCUT2D eigenvalue weighted by atomic mass is 19.1.